The van der Waals surface area contributed by atoms with E-state index in [-0.39, 0.29) is 19.1 Å². The molecule has 82 valence electrons. The molecule has 1 aliphatic carbocycles. The summed E-state index contributed by atoms with van der Waals surface area (Å²) >= 11 is 0. The molecule has 2 rings (SSSR count). The van der Waals surface area contributed by atoms with Gasteiger partial charge in [0.2, 0.25) is 0 Å². The van der Waals surface area contributed by atoms with Gasteiger partial charge in [0.25, 0.3) is 0 Å². The van der Waals surface area contributed by atoms with Gasteiger partial charge in [-0.2, -0.15) is 0 Å². The van der Waals surface area contributed by atoms with Crippen LogP contribution in [0.15, 0.2) is 18.2 Å². The maximum absolute atomic E-state index is 13.5. The Balaban J connectivity index is 2.37. The molecular weight excluding hydrogens is 200 g/mol. The summed E-state index contributed by atoms with van der Waals surface area (Å²) in [6, 6.07) is 3.51. The third-order valence-corrected chi connectivity index (χ3v) is 3.28. The molecule has 1 aromatic carbocycles. The van der Waals surface area contributed by atoms with Gasteiger partial charge in [-0.05, 0) is 24.0 Å². The van der Waals surface area contributed by atoms with Crippen molar-refractivity contribution in [1.29, 1.82) is 0 Å². The number of aliphatic hydroxyl groups is 1. The highest BCUT2D eigenvalue weighted by molar-refractivity contribution is 5.35. The molecule has 0 heterocycles. The average Bonchev–Trinajstić information content (AvgIpc) is 2.93. The van der Waals surface area contributed by atoms with Crippen molar-refractivity contribution in [2.75, 3.05) is 13.2 Å². The lowest BCUT2D eigenvalue weighted by Gasteiger charge is -2.15. The third-order valence-electron chi connectivity index (χ3n) is 3.28. The van der Waals surface area contributed by atoms with E-state index in [0.717, 1.165) is 6.07 Å². The molecule has 0 aromatic heterocycles. The Kier molecular flexibility index (Phi) is 2.48. The molecule has 0 saturated heterocycles. The second-order valence-corrected chi connectivity index (χ2v) is 4.07. The van der Waals surface area contributed by atoms with E-state index in [9.17, 15) is 8.78 Å². The zero-order valence-electron chi connectivity index (χ0n) is 8.21. The Hall–Kier alpha value is -1.00. The van der Waals surface area contributed by atoms with Crippen LogP contribution in [0.2, 0.25) is 0 Å². The van der Waals surface area contributed by atoms with Crippen molar-refractivity contribution in [3.05, 3.63) is 35.4 Å². The van der Waals surface area contributed by atoms with Gasteiger partial charge in [-0.15, -0.1) is 0 Å². The molecule has 1 fully saturated rings. The first-order valence-corrected chi connectivity index (χ1v) is 4.90. The van der Waals surface area contributed by atoms with Gasteiger partial charge in [0.15, 0.2) is 0 Å². The second-order valence-electron chi connectivity index (χ2n) is 4.07. The van der Waals surface area contributed by atoms with Crippen molar-refractivity contribution >= 4 is 0 Å². The van der Waals surface area contributed by atoms with Gasteiger partial charge in [-0.25, -0.2) is 8.78 Å². The third kappa shape index (κ3) is 1.54. The Morgan fingerprint density at radius 3 is 2.67 bits per heavy atom. The van der Waals surface area contributed by atoms with Crippen LogP contribution in [-0.4, -0.2) is 18.3 Å². The smallest absolute Gasteiger partial charge is 0.129 e. The van der Waals surface area contributed by atoms with Crippen molar-refractivity contribution in [3.63, 3.8) is 0 Å². The molecule has 2 unspecified atom stereocenters. The molecular formula is C11H13F2NO. The van der Waals surface area contributed by atoms with Crippen LogP contribution in [0.25, 0.3) is 0 Å². The first-order valence-electron chi connectivity index (χ1n) is 4.90. The average molecular weight is 213 g/mol. The predicted molar refractivity (Wildman–Crippen MR) is 52.3 cm³/mol. The van der Waals surface area contributed by atoms with E-state index in [1.54, 1.807) is 0 Å². The Morgan fingerprint density at radius 1 is 1.47 bits per heavy atom. The maximum Gasteiger partial charge on any atom is 0.129 e. The molecule has 0 aliphatic heterocycles. The highest BCUT2D eigenvalue weighted by Gasteiger charge is 2.54. The number of hydrogen-bond donors (Lipinski definition) is 2. The zero-order chi connectivity index (χ0) is 11.1. The molecule has 0 spiro atoms. The number of rotatable bonds is 3. The molecule has 0 bridgehead atoms. The Bertz CT molecular complexity index is 383. The minimum Gasteiger partial charge on any atom is -0.396 e. The van der Waals surface area contributed by atoms with Crippen molar-refractivity contribution < 1.29 is 13.9 Å². The first kappa shape index (κ1) is 10.5. The van der Waals surface area contributed by atoms with Gasteiger partial charge in [-0.1, -0.05) is 6.07 Å². The number of benzene rings is 1. The van der Waals surface area contributed by atoms with E-state index >= 15 is 0 Å². The van der Waals surface area contributed by atoms with Crippen LogP contribution in [0, 0.1) is 17.6 Å². The predicted octanol–water partition coefficient (Wildman–Crippen LogP) is 1.17. The fraction of sp³-hybridized carbons (Fsp3) is 0.455. The van der Waals surface area contributed by atoms with E-state index < -0.39 is 17.0 Å². The molecule has 1 aromatic rings. The lowest BCUT2D eigenvalue weighted by molar-refractivity contribution is 0.263. The SMILES string of the molecule is NCC1(c2ccc(F)cc2F)CC1CO. The van der Waals surface area contributed by atoms with Crippen molar-refractivity contribution in [2.45, 2.75) is 11.8 Å². The van der Waals surface area contributed by atoms with Crippen molar-refractivity contribution in [2.24, 2.45) is 11.7 Å². The molecule has 15 heavy (non-hydrogen) atoms. The van der Waals surface area contributed by atoms with E-state index in [1.807, 2.05) is 0 Å². The summed E-state index contributed by atoms with van der Waals surface area (Å²) in [6.07, 6.45) is 0.669. The summed E-state index contributed by atoms with van der Waals surface area (Å²) in [7, 11) is 0. The van der Waals surface area contributed by atoms with Crippen LogP contribution < -0.4 is 5.73 Å². The summed E-state index contributed by atoms with van der Waals surface area (Å²) in [5.74, 6) is -1.16. The highest BCUT2D eigenvalue weighted by Crippen LogP contribution is 2.53. The van der Waals surface area contributed by atoms with Crippen LogP contribution >= 0.6 is 0 Å². The van der Waals surface area contributed by atoms with E-state index in [1.165, 1.54) is 12.1 Å². The fourth-order valence-corrected chi connectivity index (χ4v) is 2.20. The number of aliphatic hydroxyl groups excluding tert-OH is 1. The fourth-order valence-electron chi connectivity index (χ4n) is 2.20. The minimum absolute atomic E-state index is 0.00228. The number of nitrogens with two attached hydrogens (primary N) is 1. The molecule has 0 amide bonds. The van der Waals surface area contributed by atoms with Crippen molar-refractivity contribution in [3.8, 4) is 0 Å². The van der Waals surface area contributed by atoms with E-state index in [4.69, 9.17) is 10.8 Å². The van der Waals surface area contributed by atoms with Gasteiger partial charge in [-0.3, -0.25) is 0 Å². The van der Waals surface area contributed by atoms with E-state index in [2.05, 4.69) is 0 Å². The van der Waals surface area contributed by atoms with Crippen molar-refractivity contribution in [1.82, 2.24) is 0 Å². The van der Waals surface area contributed by atoms with Gasteiger partial charge in [0.1, 0.15) is 11.6 Å². The van der Waals surface area contributed by atoms with Gasteiger partial charge < -0.3 is 10.8 Å². The molecule has 4 heteroatoms. The summed E-state index contributed by atoms with van der Waals surface area (Å²) in [5.41, 5.74) is 5.54. The normalized spacial score (nSPS) is 29.2. The van der Waals surface area contributed by atoms with Gasteiger partial charge in [0, 0.05) is 24.6 Å². The van der Waals surface area contributed by atoms with Crippen LogP contribution in [0.3, 0.4) is 0 Å². The maximum atomic E-state index is 13.5. The molecule has 3 N–H and O–H groups in total. The standard InChI is InChI=1S/C11H13F2NO/c12-8-1-2-9(10(13)3-8)11(6-14)4-7(11)5-15/h1-3,7,15H,4-6,14H2. The van der Waals surface area contributed by atoms with Crippen LogP contribution in [0.5, 0.6) is 0 Å². The second kappa shape index (κ2) is 3.54. The van der Waals surface area contributed by atoms with Gasteiger partial charge in [0.05, 0.1) is 0 Å². The molecule has 2 atom stereocenters. The monoisotopic (exact) mass is 213 g/mol. The van der Waals surface area contributed by atoms with Crippen LogP contribution in [0.4, 0.5) is 8.78 Å². The molecule has 2 nitrogen and oxygen atoms in total. The Morgan fingerprint density at radius 2 is 2.20 bits per heavy atom. The first-order chi connectivity index (χ1) is 7.14. The number of halogens is 2. The number of hydrogen-bond acceptors (Lipinski definition) is 2. The summed E-state index contributed by atoms with van der Waals surface area (Å²) in [6.45, 7) is 0.273. The largest absolute Gasteiger partial charge is 0.396 e. The summed E-state index contributed by atoms with van der Waals surface area (Å²) in [4.78, 5) is 0. The molecule has 1 saturated carbocycles. The lowest BCUT2D eigenvalue weighted by Crippen LogP contribution is -2.24. The van der Waals surface area contributed by atoms with Crippen LogP contribution in [0.1, 0.15) is 12.0 Å². The lowest BCUT2D eigenvalue weighted by atomic mass is 9.93. The summed E-state index contributed by atoms with van der Waals surface area (Å²) < 4.78 is 26.2. The van der Waals surface area contributed by atoms with Crippen LogP contribution in [-0.2, 0) is 5.41 Å². The quantitative estimate of drug-likeness (QED) is 0.791. The molecule has 1 aliphatic rings. The zero-order valence-corrected chi connectivity index (χ0v) is 8.21. The summed E-state index contributed by atoms with van der Waals surface area (Å²) in [5, 5.41) is 9.03. The topological polar surface area (TPSA) is 46.2 Å². The highest BCUT2D eigenvalue weighted by atomic mass is 19.1. The van der Waals surface area contributed by atoms with Gasteiger partial charge >= 0.3 is 0 Å². The molecule has 0 radical (unpaired) electrons. The van der Waals surface area contributed by atoms with E-state index in [0.29, 0.717) is 12.0 Å². The minimum atomic E-state index is -0.593. The Labute approximate surface area is 86.7 Å².